The molecule has 0 bridgehead atoms. The number of hydrogen-bond acceptors (Lipinski definition) is 1. The highest BCUT2D eigenvalue weighted by atomic mass is 15.1. The zero-order valence-electron chi connectivity index (χ0n) is 29.4. The van der Waals surface area contributed by atoms with Crippen molar-refractivity contribution in [1.82, 2.24) is 9.55 Å². The van der Waals surface area contributed by atoms with E-state index >= 15 is 0 Å². The van der Waals surface area contributed by atoms with E-state index in [1.807, 2.05) is 0 Å². The third-order valence-electron chi connectivity index (χ3n) is 12.0. The van der Waals surface area contributed by atoms with Crippen molar-refractivity contribution in [3.63, 3.8) is 0 Å². The molecule has 0 aliphatic heterocycles. The molecule has 12 rings (SSSR count). The first-order valence-electron chi connectivity index (χ1n) is 18.7. The molecule has 0 amide bonds. The molecule has 1 spiro atoms. The van der Waals surface area contributed by atoms with Gasteiger partial charge in [0.25, 0.3) is 0 Å². The lowest BCUT2D eigenvalue weighted by Gasteiger charge is -2.30. The van der Waals surface area contributed by atoms with Crippen molar-refractivity contribution in [1.29, 1.82) is 0 Å². The van der Waals surface area contributed by atoms with Crippen molar-refractivity contribution in [3.05, 3.63) is 216 Å². The monoisotopic (exact) mass is 684 g/mol. The fraction of sp³-hybridized carbons (Fsp3) is 0.0192. The largest absolute Gasteiger partial charge is 0.292 e. The summed E-state index contributed by atoms with van der Waals surface area (Å²) >= 11 is 0. The summed E-state index contributed by atoms with van der Waals surface area (Å²) in [5.74, 6) is 0.947. The van der Waals surface area contributed by atoms with Crippen LogP contribution in [0.2, 0.25) is 0 Å². The normalized spacial score (nSPS) is 13.3. The zero-order chi connectivity index (χ0) is 35.4. The second-order valence-corrected chi connectivity index (χ2v) is 14.6. The van der Waals surface area contributed by atoms with Gasteiger partial charge in [-0.2, -0.15) is 0 Å². The molecule has 0 atom stereocenters. The molecular formula is C52H32N2. The fourth-order valence-corrected chi connectivity index (χ4v) is 10.0. The number of benzene rings is 9. The first kappa shape index (κ1) is 29.5. The molecule has 0 unspecified atom stereocenters. The minimum Gasteiger partial charge on any atom is -0.292 e. The van der Waals surface area contributed by atoms with E-state index in [4.69, 9.17) is 4.98 Å². The van der Waals surface area contributed by atoms with Gasteiger partial charge in [0.05, 0.1) is 16.4 Å². The Labute approximate surface area is 313 Å². The van der Waals surface area contributed by atoms with Gasteiger partial charge in [-0.3, -0.25) is 4.57 Å². The van der Waals surface area contributed by atoms with E-state index in [1.165, 1.54) is 77.2 Å². The zero-order valence-corrected chi connectivity index (χ0v) is 29.4. The highest BCUT2D eigenvalue weighted by Gasteiger charge is 2.52. The number of hydrogen-bond donors (Lipinski definition) is 0. The summed E-state index contributed by atoms with van der Waals surface area (Å²) in [5, 5.41) is 4.82. The summed E-state index contributed by atoms with van der Waals surface area (Å²) in [4.78, 5) is 5.40. The first-order chi connectivity index (χ1) is 26.8. The van der Waals surface area contributed by atoms with Crippen molar-refractivity contribution < 1.29 is 0 Å². The molecule has 0 saturated carbocycles. The van der Waals surface area contributed by atoms with E-state index in [-0.39, 0.29) is 0 Å². The molecule has 10 aromatic rings. The van der Waals surface area contributed by atoms with Gasteiger partial charge in [0.1, 0.15) is 5.82 Å². The lowest BCUT2D eigenvalue weighted by molar-refractivity contribution is 0.794. The van der Waals surface area contributed by atoms with E-state index < -0.39 is 5.41 Å². The molecule has 9 aromatic carbocycles. The summed E-state index contributed by atoms with van der Waals surface area (Å²) in [6.45, 7) is 0. The molecule has 2 aliphatic carbocycles. The molecule has 1 heterocycles. The van der Waals surface area contributed by atoms with Crippen LogP contribution in [0.3, 0.4) is 0 Å². The van der Waals surface area contributed by atoms with Gasteiger partial charge in [0.15, 0.2) is 0 Å². The Hall–Kier alpha value is -7.03. The van der Waals surface area contributed by atoms with E-state index in [0.29, 0.717) is 0 Å². The highest BCUT2D eigenvalue weighted by molar-refractivity contribution is 6.23. The minimum atomic E-state index is -0.402. The van der Waals surface area contributed by atoms with Crippen LogP contribution in [0.1, 0.15) is 22.3 Å². The topological polar surface area (TPSA) is 17.8 Å². The van der Waals surface area contributed by atoms with Gasteiger partial charge < -0.3 is 0 Å². The minimum absolute atomic E-state index is 0.402. The van der Waals surface area contributed by atoms with E-state index in [0.717, 1.165) is 28.1 Å². The summed E-state index contributed by atoms with van der Waals surface area (Å²) in [5.41, 5.74) is 17.1. The standard InChI is InChI=1S/C52H32N2/c1-2-17-33(18-3-1)54-47-32-15-14-31-46(47)53-51(54)50-38-23-6-4-21-36(38)48(37-22-5-7-24-39(37)50)41-26-16-30-45-49(41)40-25-10-13-29-44(40)52(45)42-27-11-8-19-34(42)35-20-9-12-28-43(35)52/h1-32H. The van der Waals surface area contributed by atoms with Gasteiger partial charge in [-0.1, -0.05) is 170 Å². The van der Waals surface area contributed by atoms with Gasteiger partial charge >= 0.3 is 0 Å². The van der Waals surface area contributed by atoms with Gasteiger partial charge in [-0.15, -0.1) is 0 Å². The Bertz CT molecular complexity index is 3060. The van der Waals surface area contributed by atoms with Crippen molar-refractivity contribution in [2.45, 2.75) is 5.41 Å². The van der Waals surface area contributed by atoms with Crippen molar-refractivity contribution in [2.24, 2.45) is 0 Å². The van der Waals surface area contributed by atoms with E-state index in [1.54, 1.807) is 0 Å². The number of nitrogens with zero attached hydrogens (tertiary/aromatic N) is 2. The number of rotatable bonds is 3. The van der Waals surface area contributed by atoms with Gasteiger partial charge in [0, 0.05) is 11.3 Å². The quantitative estimate of drug-likeness (QED) is 0.169. The first-order valence-corrected chi connectivity index (χ1v) is 18.7. The maximum atomic E-state index is 5.40. The molecule has 54 heavy (non-hydrogen) atoms. The van der Waals surface area contributed by atoms with Crippen LogP contribution in [0.4, 0.5) is 0 Å². The maximum absolute atomic E-state index is 5.40. The van der Waals surface area contributed by atoms with Crippen LogP contribution >= 0.6 is 0 Å². The van der Waals surface area contributed by atoms with Crippen LogP contribution in [0, 0.1) is 0 Å². The molecule has 2 nitrogen and oxygen atoms in total. The summed E-state index contributed by atoms with van der Waals surface area (Å²) in [6.07, 6.45) is 0. The Morgan fingerprint density at radius 1 is 0.333 bits per heavy atom. The van der Waals surface area contributed by atoms with Gasteiger partial charge in [0.2, 0.25) is 0 Å². The van der Waals surface area contributed by atoms with Crippen LogP contribution in [0.15, 0.2) is 194 Å². The number of fused-ring (bicyclic) bond motifs is 13. The Morgan fingerprint density at radius 3 is 1.44 bits per heavy atom. The molecular weight excluding hydrogens is 653 g/mol. The van der Waals surface area contributed by atoms with Gasteiger partial charge in [-0.25, -0.2) is 4.98 Å². The molecule has 0 radical (unpaired) electrons. The summed E-state index contributed by atoms with van der Waals surface area (Å²) in [7, 11) is 0. The Kier molecular flexibility index (Phi) is 6.01. The lowest BCUT2D eigenvalue weighted by Crippen LogP contribution is -2.25. The van der Waals surface area contributed by atoms with Crippen LogP contribution in [-0.4, -0.2) is 9.55 Å². The van der Waals surface area contributed by atoms with E-state index in [2.05, 4.69) is 199 Å². The molecule has 2 heteroatoms. The third kappa shape index (κ3) is 3.72. The summed E-state index contributed by atoms with van der Waals surface area (Å²) < 4.78 is 2.33. The maximum Gasteiger partial charge on any atom is 0.146 e. The molecule has 250 valence electrons. The van der Waals surface area contributed by atoms with Crippen molar-refractivity contribution in [3.8, 4) is 50.5 Å². The van der Waals surface area contributed by atoms with Crippen LogP contribution in [-0.2, 0) is 5.41 Å². The van der Waals surface area contributed by atoms with E-state index in [9.17, 15) is 0 Å². The van der Waals surface area contributed by atoms with Gasteiger partial charge in [-0.05, 0) is 101 Å². The predicted octanol–water partition coefficient (Wildman–Crippen LogP) is 13.0. The Balaban J connectivity index is 1.22. The fourth-order valence-electron chi connectivity index (χ4n) is 10.0. The van der Waals surface area contributed by atoms with Crippen LogP contribution in [0.5, 0.6) is 0 Å². The van der Waals surface area contributed by atoms with Crippen molar-refractivity contribution in [2.75, 3.05) is 0 Å². The molecule has 0 N–H and O–H groups in total. The predicted molar refractivity (Wildman–Crippen MR) is 223 cm³/mol. The van der Waals surface area contributed by atoms with Crippen LogP contribution in [0.25, 0.3) is 83.0 Å². The number of aromatic nitrogens is 2. The second-order valence-electron chi connectivity index (χ2n) is 14.6. The molecule has 1 aromatic heterocycles. The molecule has 0 saturated heterocycles. The van der Waals surface area contributed by atoms with Crippen molar-refractivity contribution >= 4 is 32.6 Å². The second kappa shape index (κ2) is 11.0. The average molecular weight is 685 g/mol. The Morgan fingerprint density at radius 2 is 0.796 bits per heavy atom. The number of imidazole rings is 1. The third-order valence-corrected chi connectivity index (χ3v) is 12.0. The molecule has 2 aliphatic rings. The van der Waals surface area contributed by atoms with Crippen LogP contribution < -0.4 is 0 Å². The molecule has 0 fully saturated rings. The SMILES string of the molecule is c1ccc(-n2c(-c3c4ccccc4c(-c4cccc5c4-c4ccccc4C54c5ccccc5-c5ccccc54)c4ccccc34)nc3ccccc32)cc1. The average Bonchev–Trinajstić information content (AvgIpc) is 3.87. The lowest BCUT2D eigenvalue weighted by atomic mass is 9.70. The summed E-state index contributed by atoms with van der Waals surface area (Å²) in [6, 6.07) is 71.3. The number of para-hydroxylation sites is 3. The highest BCUT2D eigenvalue weighted by Crippen LogP contribution is 2.64. The smallest absolute Gasteiger partial charge is 0.146 e.